The molecular formula is C28H28Cl3N3O. The lowest BCUT2D eigenvalue weighted by Crippen LogP contribution is -2.67. The van der Waals surface area contributed by atoms with E-state index in [0.29, 0.717) is 34.6 Å². The van der Waals surface area contributed by atoms with Crippen molar-refractivity contribution in [2.24, 2.45) is 11.5 Å². The van der Waals surface area contributed by atoms with Crippen LogP contribution in [0.5, 0.6) is 0 Å². The van der Waals surface area contributed by atoms with Gasteiger partial charge in [-0.25, -0.2) is 0 Å². The van der Waals surface area contributed by atoms with Crippen LogP contribution < -0.4 is 11.5 Å². The van der Waals surface area contributed by atoms with E-state index in [9.17, 15) is 4.79 Å². The number of likely N-dealkylation sites (tertiary alicyclic amines) is 1. The summed E-state index contributed by atoms with van der Waals surface area (Å²) in [6, 6.07) is 22.9. The average Bonchev–Trinajstić information content (AvgIpc) is 3.01. The van der Waals surface area contributed by atoms with Crippen LogP contribution in [0, 0.1) is 6.92 Å². The highest BCUT2D eigenvalue weighted by atomic mass is 35.5. The van der Waals surface area contributed by atoms with Crippen molar-refractivity contribution in [3.63, 3.8) is 0 Å². The number of aryl methyl sites for hydroxylation is 1. The lowest BCUT2D eigenvalue weighted by atomic mass is 9.70. The molecule has 0 radical (unpaired) electrons. The topological polar surface area (TPSA) is 72.3 Å². The normalized spacial score (nSPS) is 23.3. The molecule has 1 saturated heterocycles. The predicted octanol–water partition coefficient (Wildman–Crippen LogP) is 6.26. The number of halogens is 3. The highest BCUT2D eigenvalue weighted by molar-refractivity contribution is 6.34. The quantitative estimate of drug-likeness (QED) is 0.422. The number of benzene rings is 3. The number of nitrogens with zero attached hydrogens (tertiary/aromatic N) is 1. The highest BCUT2D eigenvalue weighted by Crippen LogP contribution is 2.42. The number of carbonyl (C=O) groups is 1. The molecule has 0 saturated carbocycles. The first-order chi connectivity index (χ1) is 16.6. The van der Waals surface area contributed by atoms with E-state index in [1.807, 2.05) is 55.5 Å². The Balaban J connectivity index is 0.000000308. The summed E-state index contributed by atoms with van der Waals surface area (Å²) in [7, 11) is 0. The van der Waals surface area contributed by atoms with Gasteiger partial charge in [-0.3, -0.25) is 4.79 Å². The molecule has 182 valence electrons. The maximum absolute atomic E-state index is 13.2. The van der Waals surface area contributed by atoms with Crippen molar-refractivity contribution in [3.8, 4) is 0 Å². The molecule has 4 N–H and O–H groups in total. The molecule has 1 amide bonds. The van der Waals surface area contributed by atoms with Crippen LogP contribution in [-0.2, 0) is 11.3 Å². The van der Waals surface area contributed by atoms with Crippen molar-refractivity contribution in [2.75, 3.05) is 6.54 Å². The number of fused-ring (bicyclic) bond motifs is 1. The Kier molecular flexibility index (Phi) is 7.60. The van der Waals surface area contributed by atoms with Gasteiger partial charge in [0.15, 0.2) is 0 Å². The Morgan fingerprint density at radius 3 is 2.09 bits per heavy atom. The number of nitrogens with two attached hydrogens (primary N) is 2. The summed E-state index contributed by atoms with van der Waals surface area (Å²) in [6.45, 7) is 3.05. The number of rotatable bonds is 3. The molecule has 35 heavy (non-hydrogen) atoms. The minimum absolute atomic E-state index is 0.100. The lowest BCUT2D eigenvalue weighted by molar-refractivity contribution is -0.131. The molecule has 2 atom stereocenters. The van der Waals surface area contributed by atoms with Crippen LogP contribution in [-0.4, -0.2) is 28.4 Å². The van der Waals surface area contributed by atoms with Crippen LogP contribution >= 0.6 is 34.8 Å². The Morgan fingerprint density at radius 1 is 0.886 bits per heavy atom. The van der Waals surface area contributed by atoms with Crippen molar-refractivity contribution in [2.45, 2.75) is 37.4 Å². The molecule has 7 heteroatoms. The third kappa shape index (κ3) is 5.58. The number of hydrogen-bond acceptors (Lipinski definition) is 3. The number of hydrogen-bond donors (Lipinski definition) is 2. The van der Waals surface area contributed by atoms with Crippen LogP contribution in [0.4, 0.5) is 0 Å². The van der Waals surface area contributed by atoms with E-state index >= 15 is 0 Å². The zero-order chi connectivity index (χ0) is 25.2. The van der Waals surface area contributed by atoms with E-state index in [1.54, 1.807) is 23.1 Å². The zero-order valence-electron chi connectivity index (χ0n) is 19.5. The third-order valence-electron chi connectivity index (χ3n) is 6.68. The van der Waals surface area contributed by atoms with Gasteiger partial charge in [0.1, 0.15) is 5.54 Å². The molecule has 1 aliphatic carbocycles. The molecule has 0 spiro atoms. The molecule has 2 unspecified atom stereocenters. The van der Waals surface area contributed by atoms with Crippen LogP contribution in [0.1, 0.15) is 29.5 Å². The molecule has 5 rings (SSSR count). The lowest BCUT2D eigenvalue weighted by Gasteiger charge is -2.39. The maximum atomic E-state index is 13.2. The van der Waals surface area contributed by atoms with E-state index in [0.717, 1.165) is 23.1 Å². The molecule has 0 bridgehead atoms. The van der Waals surface area contributed by atoms with Crippen LogP contribution in [0.2, 0.25) is 15.1 Å². The number of carbonyl (C=O) groups excluding carboxylic acids is 1. The van der Waals surface area contributed by atoms with E-state index in [4.69, 9.17) is 46.3 Å². The van der Waals surface area contributed by atoms with E-state index in [-0.39, 0.29) is 5.91 Å². The summed E-state index contributed by atoms with van der Waals surface area (Å²) in [5.41, 5.74) is 15.8. The first kappa shape index (κ1) is 25.7. The smallest absolute Gasteiger partial charge is 0.249 e. The van der Waals surface area contributed by atoms with Crippen molar-refractivity contribution >= 4 is 46.3 Å². The second-order valence-electron chi connectivity index (χ2n) is 9.29. The summed E-state index contributed by atoms with van der Waals surface area (Å²) in [5.74, 6) is -0.100. The Bertz CT molecular complexity index is 1230. The molecular weight excluding hydrogens is 501 g/mol. The van der Waals surface area contributed by atoms with Crippen molar-refractivity contribution in [1.82, 2.24) is 4.90 Å². The van der Waals surface area contributed by atoms with Crippen LogP contribution in [0.15, 0.2) is 78.9 Å². The molecule has 1 fully saturated rings. The summed E-state index contributed by atoms with van der Waals surface area (Å²) < 4.78 is 0. The first-order valence-electron chi connectivity index (χ1n) is 11.4. The van der Waals surface area contributed by atoms with Gasteiger partial charge in [-0.1, -0.05) is 82.8 Å². The molecule has 1 aliphatic heterocycles. The van der Waals surface area contributed by atoms with Gasteiger partial charge in [-0.05, 0) is 72.9 Å². The van der Waals surface area contributed by atoms with Gasteiger partial charge >= 0.3 is 0 Å². The summed E-state index contributed by atoms with van der Waals surface area (Å²) in [6.07, 6.45) is 3.36. The van der Waals surface area contributed by atoms with E-state index in [1.165, 1.54) is 5.56 Å². The van der Waals surface area contributed by atoms with E-state index < -0.39 is 11.1 Å². The Morgan fingerprint density at radius 2 is 1.51 bits per heavy atom. The standard InChI is InChI=1S/C22H24ClN3O.C6H4Cl2/c1-15-2-4-16(5-3-15)13-26-14-21(24)11-10-18(12-22(21,25)20(26)27)17-6-8-19(23)9-7-17;7-5-2-1-3-6(8)4-5/h2-9,12H,10-11,13-14,24-25H2,1H3;1-4H. The molecule has 2 aliphatic rings. The van der Waals surface area contributed by atoms with Crippen molar-refractivity contribution < 1.29 is 4.79 Å². The fourth-order valence-electron chi connectivity index (χ4n) is 4.61. The fourth-order valence-corrected chi connectivity index (χ4v) is 5.17. The molecule has 1 heterocycles. The largest absolute Gasteiger partial charge is 0.334 e. The zero-order valence-corrected chi connectivity index (χ0v) is 21.7. The molecule has 3 aromatic rings. The summed E-state index contributed by atoms with van der Waals surface area (Å²) >= 11 is 17.1. The predicted molar refractivity (Wildman–Crippen MR) is 146 cm³/mol. The van der Waals surface area contributed by atoms with Crippen LogP contribution in [0.25, 0.3) is 5.57 Å². The minimum Gasteiger partial charge on any atom is -0.334 e. The van der Waals surface area contributed by atoms with Crippen molar-refractivity contribution in [1.29, 1.82) is 0 Å². The second kappa shape index (κ2) is 10.3. The minimum atomic E-state index is -1.18. The fraction of sp³-hybridized carbons (Fsp3) is 0.250. The van der Waals surface area contributed by atoms with Gasteiger partial charge in [0.05, 0.1) is 5.54 Å². The van der Waals surface area contributed by atoms with Gasteiger partial charge in [-0.2, -0.15) is 0 Å². The molecule has 3 aromatic carbocycles. The van der Waals surface area contributed by atoms with E-state index in [2.05, 4.69) is 12.1 Å². The Hall–Kier alpha value is -2.34. The monoisotopic (exact) mass is 527 g/mol. The highest BCUT2D eigenvalue weighted by Gasteiger charge is 2.59. The van der Waals surface area contributed by atoms with Gasteiger partial charge in [0, 0.05) is 28.2 Å². The van der Waals surface area contributed by atoms with Crippen LogP contribution in [0.3, 0.4) is 0 Å². The number of allylic oxidation sites excluding steroid dienone is 1. The summed E-state index contributed by atoms with van der Waals surface area (Å²) in [5, 5.41) is 2.04. The molecule has 0 aromatic heterocycles. The third-order valence-corrected chi connectivity index (χ3v) is 7.40. The van der Waals surface area contributed by atoms with Gasteiger partial charge in [0.25, 0.3) is 0 Å². The second-order valence-corrected chi connectivity index (χ2v) is 10.6. The van der Waals surface area contributed by atoms with Gasteiger partial charge in [-0.15, -0.1) is 0 Å². The van der Waals surface area contributed by atoms with Gasteiger partial charge < -0.3 is 16.4 Å². The average molecular weight is 529 g/mol. The number of amides is 1. The Labute approximate surface area is 221 Å². The first-order valence-corrected chi connectivity index (χ1v) is 12.5. The maximum Gasteiger partial charge on any atom is 0.249 e. The summed E-state index contributed by atoms with van der Waals surface area (Å²) in [4.78, 5) is 15.0. The van der Waals surface area contributed by atoms with Gasteiger partial charge in [0.2, 0.25) is 5.91 Å². The molecule has 4 nitrogen and oxygen atoms in total. The van der Waals surface area contributed by atoms with Crippen molar-refractivity contribution in [3.05, 3.63) is 111 Å². The SMILES string of the molecule is Cc1ccc(CN2CC3(N)CCC(c4ccc(Cl)cc4)=CC3(N)C2=O)cc1.Clc1cccc(Cl)c1.